The number of aryl methyl sites for hydroxylation is 2. The van der Waals surface area contributed by atoms with Gasteiger partial charge in [-0.25, -0.2) is 4.98 Å². The Hall–Kier alpha value is -2.18. The Labute approximate surface area is 135 Å². The summed E-state index contributed by atoms with van der Waals surface area (Å²) in [6.07, 6.45) is 1.41. The second kappa shape index (κ2) is 5.55. The smallest absolute Gasteiger partial charge is 0.262 e. The van der Waals surface area contributed by atoms with Gasteiger partial charge in [0, 0.05) is 22.0 Å². The van der Waals surface area contributed by atoms with Crippen molar-refractivity contribution in [1.29, 1.82) is 0 Å². The normalized spacial score (nSPS) is 10.9. The molecule has 0 radical (unpaired) electrons. The molecule has 0 saturated heterocycles. The van der Waals surface area contributed by atoms with Gasteiger partial charge in [-0.2, -0.15) is 0 Å². The van der Waals surface area contributed by atoms with E-state index in [4.69, 9.17) is 11.6 Å². The molecule has 0 spiro atoms. The second-order valence-corrected chi connectivity index (χ2v) is 6.14. The van der Waals surface area contributed by atoms with E-state index in [9.17, 15) is 9.59 Å². The van der Waals surface area contributed by atoms with Crippen LogP contribution >= 0.6 is 22.9 Å². The minimum absolute atomic E-state index is 0.0436. The van der Waals surface area contributed by atoms with Crippen molar-refractivity contribution in [3.05, 3.63) is 55.8 Å². The number of rotatable bonds is 2. The summed E-state index contributed by atoms with van der Waals surface area (Å²) in [5, 5.41) is 5.93. The van der Waals surface area contributed by atoms with Gasteiger partial charge in [0.25, 0.3) is 5.91 Å². The number of anilines is 1. The zero-order chi connectivity index (χ0) is 15.9. The van der Waals surface area contributed by atoms with Crippen molar-refractivity contribution in [2.24, 2.45) is 0 Å². The third-order valence-electron chi connectivity index (χ3n) is 3.33. The number of amides is 1. The van der Waals surface area contributed by atoms with Gasteiger partial charge in [0.2, 0.25) is 5.43 Å². The summed E-state index contributed by atoms with van der Waals surface area (Å²) in [5.41, 5.74) is 1.94. The molecule has 2 N–H and O–H groups in total. The van der Waals surface area contributed by atoms with Gasteiger partial charge in [0.1, 0.15) is 5.56 Å². The zero-order valence-corrected chi connectivity index (χ0v) is 13.4. The highest BCUT2D eigenvalue weighted by atomic mass is 35.5. The third kappa shape index (κ3) is 2.51. The molecule has 0 aliphatic rings. The Kier molecular flexibility index (Phi) is 3.72. The van der Waals surface area contributed by atoms with Crippen LogP contribution in [0.4, 0.5) is 5.13 Å². The van der Waals surface area contributed by atoms with Crippen molar-refractivity contribution in [2.45, 2.75) is 13.8 Å². The summed E-state index contributed by atoms with van der Waals surface area (Å²) in [4.78, 5) is 31.9. The van der Waals surface area contributed by atoms with Crippen LogP contribution in [0.25, 0.3) is 10.9 Å². The molecule has 0 aliphatic carbocycles. The van der Waals surface area contributed by atoms with Gasteiger partial charge in [0.05, 0.1) is 11.2 Å². The average Bonchev–Trinajstić information content (AvgIpc) is 2.88. The van der Waals surface area contributed by atoms with Crippen molar-refractivity contribution in [2.75, 3.05) is 5.32 Å². The fraction of sp³-hybridized carbons (Fsp3) is 0.133. The van der Waals surface area contributed by atoms with Crippen molar-refractivity contribution in [3.63, 3.8) is 0 Å². The molecular formula is C15H12ClN3O2S. The van der Waals surface area contributed by atoms with E-state index in [1.165, 1.54) is 17.5 Å². The van der Waals surface area contributed by atoms with Crippen LogP contribution in [0.5, 0.6) is 0 Å². The quantitative estimate of drug-likeness (QED) is 0.753. The fourth-order valence-corrected chi connectivity index (χ4v) is 3.00. The van der Waals surface area contributed by atoms with Crippen LogP contribution in [-0.4, -0.2) is 15.9 Å². The SMILES string of the molecule is Cc1csc(NC(=O)c2c[nH]c3c(C)c(Cl)ccc3c2=O)n1. The number of thiazole rings is 1. The van der Waals surface area contributed by atoms with E-state index in [1.54, 1.807) is 12.1 Å². The summed E-state index contributed by atoms with van der Waals surface area (Å²) in [6.45, 7) is 3.65. The molecule has 1 amide bonds. The van der Waals surface area contributed by atoms with Gasteiger partial charge in [-0.1, -0.05) is 11.6 Å². The topological polar surface area (TPSA) is 74.8 Å². The van der Waals surface area contributed by atoms with Crippen LogP contribution in [0.15, 0.2) is 28.5 Å². The van der Waals surface area contributed by atoms with E-state index in [2.05, 4.69) is 15.3 Å². The van der Waals surface area contributed by atoms with Crippen molar-refractivity contribution < 1.29 is 4.79 Å². The van der Waals surface area contributed by atoms with Gasteiger partial charge in [-0.15, -0.1) is 11.3 Å². The van der Waals surface area contributed by atoms with Gasteiger partial charge in [-0.3, -0.25) is 14.9 Å². The number of fused-ring (bicyclic) bond motifs is 1. The van der Waals surface area contributed by atoms with Gasteiger partial charge < -0.3 is 4.98 Å². The van der Waals surface area contributed by atoms with Gasteiger partial charge in [0.15, 0.2) is 5.13 Å². The lowest BCUT2D eigenvalue weighted by molar-refractivity contribution is 0.102. The maximum absolute atomic E-state index is 12.5. The molecule has 22 heavy (non-hydrogen) atoms. The Morgan fingerprint density at radius 1 is 1.36 bits per heavy atom. The summed E-state index contributed by atoms with van der Waals surface area (Å²) in [5.74, 6) is -0.481. The number of carbonyl (C=O) groups is 1. The van der Waals surface area contributed by atoms with Crippen LogP contribution in [0, 0.1) is 13.8 Å². The molecular weight excluding hydrogens is 322 g/mol. The number of aromatic amines is 1. The lowest BCUT2D eigenvalue weighted by Gasteiger charge is -2.06. The van der Waals surface area contributed by atoms with Crippen LogP contribution in [0.3, 0.4) is 0 Å². The van der Waals surface area contributed by atoms with E-state index in [0.29, 0.717) is 21.1 Å². The number of halogens is 1. The lowest BCUT2D eigenvalue weighted by Crippen LogP contribution is -2.22. The van der Waals surface area contributed by atoms with E-state index in [1.807, 2.05) is 19.2 Å². The molecule has 5 nitrogen and oxygen atoms in total. The molecule has 0 fully saturated rings. The Bertz CT molecular complexity index is 946. The molecule has 0 atom stereocenters. The van der Waals surface area contributed by atoms with E-state index in [0.717, 1.165) is 11.3 Å². The summed E-state index contributed by atoms with van der Waals surface area (Å²) in [7, 11) is 0. The molecule has 3 rings (SSSR count). The number of benzene rings is 1. The molecule has 0 unspecified atom stereocenters. The predicted octanol–water partition coefficient (Wildman–Crippen LogP) is 3.51. The fourth-order valence-electron chi connectivity index (χ4n) is 2.16. The van der Waals surface area contributed by atoms with Gasteiger partial charge >= 0.3 is 0 Å². The molecule has 0 saturated carbocycles. The first kappa shape index (κ1) is 14.7. The Balaban J connectivity index is 2.04. The number of pyridine rings is 1. The molecule has 1 aromatic carbocycles. The number of nitrogens with one attached hydrogen (secondary N) is 2. The first-order valence-corrected chi connectivity index (χ1v) is 7.77. The molecule has 2 aromatic heterocycles. The highest BCUT2D eigenvalue weighted by molar-refractivity contribution is 7.13. The molecule has 2 heterocycles. The molecule has 112 valence electrons. The van der Waals surface area contributed by atoms with Crippen molar-refractivity contribution in [1.82, 2.24) is 9.97 Å². The Morgan fingerprint density at radius 2 is 2.14 bits per heavy atom. The van der Waals surface area contributed by atoms with Crippen LogP contribution < -0.4 is 10.7 Å². The standard InChI is InChI=1S/C15H12ClN3O2S/c1-7-6-22-15(18-7)19-14(21)10-5-17-12-8(2)11(16)4-3-9(12)13(10)20/h3-6H,1-2H3,(H,17,20)(H,18,19,21). The molecule has 0 aliphatic heterocycles. The first-order chi connectivity index (χ1) is 10.5. The minimum atomic E-state index is -0.481. The van der Waals surface area contributed by atoms with Crippen LogP contribution in [0.1, 0.15) is 21.6 Å². The number of hydrogen-bond acceptors (Lipinski definition) is 4. The zero-order valence-electron chi connectivity index (χ0n) is 11.9. The summed E-state index contributed by atoms with van der Waals surface area (Å²) >= 11 is 7.36. The van der Waals surface area contributed by atoms with Gasteiger partial charge in [-0.05, 0) is 31.5 Å². The number of nitrogens with zero attached hydrogens (tertiary/aromatic N) is 1. The van der Waals surface area contributed by atoms with E-state index < -0.39 is 5.91 Å². The Morgan fingerprint density at radius 3 is 2.82 bits per heavy atom. The highest BCUT2D eigenvalue weighted by Crippen LogP contribution is 2.22. The van der Waals surface area contributed by atoms with E-state index in [-0.39, 0.29) is 11.0 Å². The maximum atomic E-state index is 12.5. The first-order valence-electron chi connectivity index (χ1n) is 6.51. The monoisotopic (exact) mass is 333 g/mol. The van der Waals surface area contributed by atoms with Crippen molar-refractivity contribution in [3.8, 4) is 0 Å². The van der Waals surface area contributed by atoms with Crippen LogP contribution in [-0.2, 0) is 0 Å². The summed E-state index contributed by atoms with van der Waals surface area (Å²) < 4.78 is 0. The predicted molar refractivity (Wildman–Crippen MR) is 89.1 cm³/mol. The lowest BCUT2D eigenvalue weighted by atomic mass is 10.1. The number of aromatic nitrogens is 2. The van der Waals surface area contributed by atoms with E-state index >= 15 is 0 Å². The number of H-pyrrole nitrogens is 1. The van der Waals surface area contributed by atoms with Crippen molar-refractivity contribution >= 4 is 44.9 Å². The number of hydrogen-bond donors (Lipinski definition) is 2. The number of carbonyl (C=O) groups excluding carboxylic acids is 1. The summed E-state index contributed by atoms with van der Waals surface area (Å²) in [6, 6.07) is 3.27. The minimum Gasteiger partial charge on any atom is -0.360 e. The molecule has 7 heteroatoms. The third-order valence-corrected chi connectivity index (χ3v) is 4.62. The molecule has 0 bridgehead atoms. The van der Waals surface area contributed by atoms with Crippen LogP contribution in [0.2, 0.25) is 5.02 Å². The average molecular weight is 334 g/mol. The molecule has 3 aromatic rings. The highest BCUT2D eigenvalue weighted by Gasteiger charge is 2.15. The second-order valence-electron chi connectivity index (χ2n) is 4.87. The largest absolute Gasteiger partial charge is 0.360 e. The maximum Gasteiger partial charge on any atom is 0.262 e.